The van der Waals surface area contributed by atoms with E-state index in [0.717, 1.165) is 28.9 Å². The molecule has 31 heavy (non-hydrogen) atoms. The molecule has 4 N–H and O–H groups in total. The molecule has 1 atom stereocenters. The van der Waals surface area contributed by atoms with Crippen molar-refractivity contribution < 1.29 is 9.64 Å². The van der Waals surface area contributed by atoms with Crippen LogP contribution in [0.4, 0.5) is 17.6 Å². The van der Waals surface area contributed by atoms with E-state index in [0.29, 0.717) is 18.3 Å². The van der Waals surface area contributed by atoms with Crippen LogP contribution in [-0.4, -0.2) is 29.1 Å². The third-order valence-corrected chi connectivity index (χ3v) is 5.17. The van der Waals surface area contributed by atoms with Crippen LogP contribution in [0.15, 0.2) is 60.7 Å². The quantitative estimate of drug-likeness (QED) is 0.430. The predicted octanol–water partition coefficient (Wildman–Crippen LogP) is 2.88. The molecule has 7 nitrogen and oxygen atoms in total. The summed E-state index contributed by atoms with van der Waals surface area (Å²) in [6.07, 6.45) is 0. The number of fused-ring (bicyclic) bond motifs is 1. The molecule has 0 aliphatic heterocycles. The standard InChI is InChI=1S/C24H26N6O/c1-16-6-4-5-7-21(16)26-24-28-22(27-23(25)29-24)15-30(2)14-17-8-9-19-13-20(31-3)11-10-18(19)12-17/h4-13H,14-15H2,1-3H3,(H3,25,26,27,28,29)/p+1. The zero-order chi connectivity index (χ0) is 21.8. The van der Waals surface area contributed by atoms with Crippen molar-refractivity contribution in [1.82, 2.24) is 15.0 Å². The van der Waals surface area contributed by atoms with E-state index in [1.807, 2.05) is 43.3 Å². The van der Waals surface area contributed by atoms with Crippen molar-refractivity contribution >= 4 is 28.4 Å². The van der Waals surface area contributed by atoms with Crippen LogP contribution in [0, 0.1) is 6.92 Å². The third kappa shape index (κ3) is 5.07. The monoisotopic (exact) mass is 415 g/mol. The molecular weight excluding hydrogens is 388 g/mol. The number of anilines is 3. The van der Waals surface area contributed by atoms with Gasteiger partial charge in [-0.05, 0) is 47.5 Å². The van der Waals surface area contributed by atoms with Crippen LogP contribution in [0.2, 0.25) is 0 Å². The van der Waals surface area contributed by atoms with E-state index in [2.05, 4.69) is 51.6 Å². The second kappa shape index (κ2) is 8.97. The Balaban J connectivity index is 1.47. The number of rotatable bonds is 7. The van der Waals surface area contributed by atoms with E-state index in [-0.39, 0.29) is 5.95 Å². The Morgan fingerprint density at radius 3 is 2.52 bits per heavy atom. The molecule has 1 heterocycles. The van der Waals surface area contributed by atoms with Gasteiger partial charge in [-0.2, -0.15) is 15.0 Å². The molecule has 1 aromatic heterocycles. The Morgan fingerprint density at radius 2 is 1.71 bits per heavy atom. The summed E-state index contributed by atoms with van der Waals surface area (Å²) in [4.78, 5) is 14.4. The van der Waals surface area contributed by atoms with Gasteiger partial charge >= 0.3 is 0 Å². The van der Waals surface area contributed by atoms with Gasteiger partial charge in [0.25, 0.3) is 0 Å². The molecule has 158 valence electrons. The second-order valence-electron chi connectivity index (χ2n) is 7.73. The Kier molecular flexibility index (Phi) is 5.95. The number of para-hydroxylation sites is 1. The molecular formula is C24H27N6O+. The number of nitrogen functional groups attached to an aromatic ring is 1. The molecule has 0 spiro atoms. The number of nitrogens with one attached hydrogen (secondary N) is 2. The maximum Gasteiger partial charge on any atom is 0.232 e. The normalized spacial score (nSPS) is 12.0. The third-order valence-electron chi connectivity index (χ3n) is 5.17. The molecule has 0 amide bonds. The molecule has 0 aliphatic carbocycles. The number of methoxy groups -OCH3 is 1. The van der Waals surface area contributed by atoms with Gasteiger partial charge in [0.05, 0.1) is 14.2 Å². The van der Waals surface area contributed by atoms with Gasteiger partial charge in [0.15, 0.2) is 5.82 Å². The largest absolute Gasteiger partial charge is 0.497 e. The van der Waals surface area contributed by atoms with Crippen LogP contribution >= 0.6 is 0 Å². The van der Waals surface area contributed by atoms with Crippen molar-refractivity contribution in [3.05, 3.63) is 77.6 Å². The van der Waals surface area contributed by atoms with Crippen molar-refractivity contribution in [1.29, 1.82) is 0 Å². The Morgan fingerprint density at radius 1 is 0.935 bits per heavy atom. The van der Waals surface area contributed by atoms with Crippen molar-refractivity contribution in [3.8, 4) is 5.75 Å². The molecule has 0 radical (unpaired) electrons. The van der Waals surface area contributed by atoms with E-state index in [4.69, 9.17) is 10.5 Å². The van der Waals surface area contributed by atoms with Crippen LogP contribution in [0.3, 0.4) is 0 Å². The number of aromatic nitrogens is 3. The number of ether oxygens (including phenoxy) is 1. The lowest BCUT2D eigenvalue weighted by atomic mass is 10.1. The smallest absolute Gasteiger partial charge is 0.232 e. The highest BCUT2D eigenvalue weighted by Gasteiger charge is 2.12. The summed E-state index contributed by atoms with van der Waals surface area (Å²) in [5, 5.41) is 5.60. The minimum atomic E-state index is 0.216. The van der Waals surface area contributed by atoms with Crippen molar-refractivity contribution in [2.24, 2.45) is 0 Å². The molecule has 0 aliphatic rings. The first-order chi connectivity index (χ1) is 15.0. The maximum absolute atomic E-state index is 5.94. The average Bonchev–Trinajstić information content (AvgIpc) is 2.74. The number of hydrogen-bond acceptors (Lipinski definition) is 6. The fourth-order valence-corrected chi connectivity index (χ4v) is 3.60. The van der Waals surface area contributed by atoms with Crippen molar-refractivity contribution in [2.45, 2.75) is 20.0 Å². The first kappa shape index (κ1) is 20.6. The molecule has 1 unspecified atom stereocenters. The SMILES string of the molecule is COc1ccc2cc(C[NH+](C)Cc3nc(N)nc(Nc4ccccc4C)n3)ccc2c1. The predicted molar refractivity (Wildman–Crippen MR) is 123 cm³/mol. The molecule has 3 aromatic carbocycles. The van der Waals surface area contributed by atoms with Crippen molar-refractivity contribution in [3.63, 3.8) is 0 Å². The summed E-state index contributed by atoms with van der Waals surface area (Å²) in [6, 6.07) is 20.6. The summed E-state index contributed by atoms with van der Waals surface area (Å²) in [6.45, 7) is 3.51. The number of benzene rings is 3. The fourth-order valence-electron chi connectivity index (χ4n) is 3.60. The zero-order valence-corrected chi connectivity index (χ0v) is 18.0. The molecule has 7 heteroatoms. The summed E-state index contributed by atoms with van der Waals surface area (Å²) >= 11 is 0. The number of aryl methyl sites for hydroxylation is 1. The Hall–Kier alpha value is -3.71. The Labute approximate surface area is 181 Å². The molecule has 0 bridgehead atoms. The molecule has 0 fully saturated rings. The lowest BCUT2D eigenvalue weighted by Gasteiger charge is -2.15. The van der Waals surface area contributed by atoms with Gasteiger partial charge in [0.2, 0.25) is 11.9 Å². The zero-order valence-electron chi connectivity index (χ0n) is 18.0. The summed E-state index contributed by atoms with van der Waals surface area (Å²) < 4.78 is 5.31. The number of hydrogen-bond donors (Lipinski definition) is 3. The van der Waals surface area contributed by atoms with Gasteiger partial charge in [0, 0.05) is 11.3 Å². The summed E-state index contributed by atoms with van der Waals surface area (Å²) in [5.41, 5.74) is 9.25. The average molecular weight is 416 g/mol. The summed E-state index contributed by atoms with van der Waals surface area (Å²) in [5.74, 6) is 2.20. The molecule has 0 saturated carbocycles. The van der Waals surface area contributed by atoms with Crippen LogP contribution in [0.5, 0.6) is 5.75 Å². The number of quaternary nitrogens is 1. The van der Waals surface area contributed by atoms with E-state index in [1.165, 1.54) is 15.8 Å². The number of nitrogens with zero attached hydrogens (tertiary/aromatic N) is 3. The highest BCUT2D eigenvalue weighted by Crippen LogP contribution is 2.22. The second-order valence-corrected chi connectivity index (χ2v) is 7.73. The van der Waals surface area contributed by atoms with Gasteiger partial charge in [-0.15, -0.1) is 0 Å². The van der Waals surface area contributed by atoms with Gasteiger partial charge in [-0.1, -0.05) is 36.4 Å². The van der Waals surface area contributed by atoms with Gasteiger partial charge in [-0.3, -0.25) is 0 Å². The summed E-state index contributed by atoms with van der Waals surface area (Å²) in [7, 11) is 3.80. The number of nitrogens with two attached hydrogens (primary N) is 1. The molecule has 4 aromatic rings. The minimum Gasteiger partial charge on any atom is -0.497 e. The first-order valence-electron chi connectivity index (χ1n) is 10.2. The van der Waals surface area contributed by atoms with E-state index >= 15 is 0 Å². The van der Waals surface area contributed by atoms with Crippen LogP contribution in [0.1, 0.15) is 17.0 Å². The van der Waals surface area contributed by atoms with Crippen LogP contribution in [-0.2, 0) is 13.1 Å². The van der Waals surface area contributed by atoms with Gasteiger partial charge < -0.3 is 20.7 Å². The molecule has 4 rings (SSSR count). The van der Waals surface area contributed by atoms with Crippen LogP contribution < -0.4 is 20.7 Å². The fraction of sp³-hybridized carbons (Fsp3) is 0.208. The van der Waals surface area contributed by atoms with Crippen LogP contribution in [0.25, 0.3) is 10.8 Å². The van der Waals surface area contributed by atoms with Gasteiger partial charge in [0.1, 0.15) is 18.8 Å². The van der Waals surface area contributed by atoms with Gasteiger partial charge in [-0.25, -0.2) is 0 Å². The van der Waals surface area contributed by atoms with Crippen molar-refractivity contribution in [2.75, 3.05) is 25.2 Å². The maximum atomic E-state index is 5.94. The van der Waals surface area contributed by atoms with E-state index in [1.54, 1.807) is 7.11 Å². The van der Waals surface area contributed by atoms with E-state index in [9.17, 15) is 0 Å². The topological polar surface area (TPSA) is 90.4 Å². The highest BCUT2D eigenvalue weighted by atomic mass is 16.5. The lowest BCUT2D eigenvalue weighted by molar-refractivity contribution is -0.908. The molecule has 0 saturated heterocycles. The minimum absolute atomic E-state index is 0.216. The van der Waals surface area contributed by atoms with E-state index < -0.39 is 0 Å². The Bertz CT molecular complexity index is 1210. The lowest BCUT2D eigenvalue weighted by Crippen LogP contribution is -3.06. The first-order valence-corrected chi connectivity index (χ1v) is 10.2. The highest BCUT2D eigenvalue weighted by molar-refractivity contribution is 5.84.